The molecule has 2 unspecified atom stereocenters. The van der Waals surface area contributed by atoms with E-state index in [1.54, 1.807) is 0 Å². The minimum absolute atomic E-state index is 0.0934. The molecule has 18 heavy (non-hydrogen) atoms. The van der Waals surface area contributed by atoms with Crippen molar-refractivity contribution in [3.63, 3.8) is 0 Å². The van der Waals surface area contributed by atoms with Crippen LogP contribution in [0.1, 0.15) is 30.3 Å². The molecular weight excluding hydrogens is 232 g/mol. The Morgan fingerprint density at radius 1 is 1.44 bits per heavy atom. The molecular formula is C13H16N2O3. The zero-order chi connectivity index (χ0) is 13.0. The molecule has 1 N–H and O–H groups in total. The van der Waals surface area contributed by atoms with Crippen molar-refractivity contribution in [2.24, 2.45) is 11.8 Å². The molecule has 1 aromatic rings. The maximum absolute atomic E-state index is 10.7. The highest BCUT2D eigenvalue weighted by molar-refractivity contribution is 5.84. The smallest absolute Gasteiger partial charge is 0.356 e. The number of rotatable bonds is 4. The minimum atomic E-state index is -1.10. The molecule has 5 nitrogen and oxygen atoms in total. The van der Waals surface area contributed by atoms with Gasteiger partial charge in [0.2, 0.25) is 5.88 Å². The number of aromatic carboxylic acids is 1. The van der Waals surface area contributed by atoms with Crippen molar-refractivity contribution in [2.45, 2.75) is 19.8 Å². The molecule has 0 radical (unpaired) electrons. The van der Waals surface area contributed by atoms with Gasteiger partial charge in [0.25, 0.3) is 0 Å². The summed E-state index contributed by atoms with van der Waals surface area (Å²) < 4.78 is 5.54. The summed E-state index contributed by atoms with van der Waals surface area (Å²) in [4.78, 5) is 18.4. The summed E-state index contributed by atoms with van der Waals surface area (Å²) in [6.07, 6.45) is 9.05. The van der Waals surface area contributed by atoms with Crippen molar-refractivity contribution >= 4 is 5.97 Å². The van der Waals surface area contributed by atoms with Crippen LogP contribution in [0.3, 0.4) is 0 Å². The number of carbonyl (C=O) groups is 1. The van der Waals surface area contributed by atoms with E-state index in [0.717, 1.165) is 12.8 Å². The summed E-state index contributed by atoms with van der Waals surface area (Å²) in [5.74, 6) is 0.203. The Morgan fingerprint density at radius 3 is 2.94 bits per heavy atom. The van der Waals surface area contributed by atoms with Crippen LogP contribution in [-0.2, 0) is 0 Å². The summed E-state index contributed by atoms with van der Waals surface area (Å²) >= 11 is 0. The summed E-state index contributed by atoms with van der Waals surface area (Å²) in [7, 11) is 0. The molecule has 1 heterocycles. The average molecular weight is 248 g/mol. The standard InChI is InChI=1S/C13H16N2O3/c1-9-4-2-3-5-10(9)8-18-12-7-14-6-11(15-12)13(16)17/h2-3,6-7,9-10H,4-5,8H2,1H3,(H,16,17). The second-order valence-electron chi connectivity index (χ2n) is 4.54. The highest BCUT2D eigenvalue weighted by Gasteiger charge is 2.19. The van der Waals surface area contributed by atoms with Crippen LogP contribution in [0.15, 0.2) is 24.5 Å². The lowest BCUT2D eigenvalue weighted by Crippen LogP contribution is -2.21. The second-order valence-corrected chi connectivity index (χ2v) is 4.54. The Morgan fingerprint density at radius 2 is 2.22 bits per heavy atom. The Balaban J connectivity index is 1.95. The number of carboxylic acid groups (broad SMARTS) is 1. The third kappa shape index (κ3) is 3.06. The first-order chi connectivity index (χ1) is 8.66. The van der Waals surface area contributed by atoms with Crippen LogP contribution in [0.2, 0.25) is 0 Å². The van der Waals surface area contributed by atoms with E-state index in [1.165, 1.54) is 12.4 Å². The van der Waals surface area contributed by atoms with Gasteiger partial charge in [-0.25, -0.2) is 9.78 Å². The van der Waals surface area contributed by atoms with Crippen LogP contribution in [0, 0.1) is 11.8 Å². The van der Waals surface area contributed by atoms with Gasteiger partial charge in [0.05, 0.1) is 19.0 Å². The summed E-state index contributed by atoms with van der Waals surface area (Å²) in [5.41, 5.74) is -0.0934. The largest absolute Gasteiger partial charge is 0.476 e. The molecule has 1 aliphatic rings. The van der Waals surface area contributed by atoms with Crippen molar-refractivity contribution in [1.29, 1.82) is 0 Å². The van der Waals surface area contributed by atoms with Gasteiger partial charge in [-0.3, -0.25) is 4.98 Å². The first-order valence-electron chi connectivity index (χ1n) is 6.00. The average Bonchev–Trinajstić information content (AvgIpc) is 2.38. The van der Waals surface area contributed by atoms with Crippen molar-refractivity contribution < 1.29 is 14.6 Å². The predicted octanol–water partition coefficient (Wildman–Crippen LogP) is 2.16. The first kappa shape index (κ1) is 12.5. The molecule has 0 aliphatic heterocycles. The second kappa shape index (κ2) is 5.62. The lowest BCUT2D eigenvalue weighted by atomic mass is 9.85. The quantitative estimate of drug-likeness (QED) is 0.826. The molecule has 0 saturated heterocycles. The van der Waals surface area contributed by atoms with E-state index in [1.807, 2.05) is 0 Å². The molecule has 0 saturated carbocycles. The molecule has 0 spiro atoms. The van der Waals surface area contributed by atoms with E-state index in [0.29, 0.717) is 18.4 Å². The third-order valence-electron chi connectivity index (χ3n) is 3.19. The van der Waals surface area contributed by atoms with Crippen LogP contribution >= 0.6 is 0 Å². The van der Waals surface area contributed by atoms with Gasteiger partial charge in [0.1, 0.15) is 0 Å². The molecule has 0 bridgehead atoms. The van der Waals surface area contributed by atoms with Gasteiger partial charge >= 0.3 is 5.97 Å². The van der Waals surface area contributed by atoms with Crippen molar-refractivity contribution in [3.8, 4) is 5.88 Å². The number of allylic oxidation sites excluding steroid dienone is 2. The number of hydrogen-bond acceptors (Lipinski definition) is 4. The molecule has 2 rings (SSSR count). The zero-order valence-electron chi connectivity index (χ0n) is 10.2. The number of hydrogen-bond donors (Lipinski definition) is 1. The molecule has 1 aliphatic carbocycles. The number of aromatic nitrogens is 2. The zero-order valence-corrected chi connectivity index (χ0v) is 10.2. The fourth-order valence-electron chi connectivity index (χ4n) is 1.95. The Bertz CT molecular complexity index is 459. The topological polar surface area (TPSA) is 72.3 Å². The summed E-state index contributed by atoms with van der Waals surface area (Å²) in [6, 6.07) is 0. The molecule has 0 aromatic carbocycles. The molecule has 0 fully saturated rings. The van der Waals surface area contributed by atoms with E-state index in [2.05, 4.69) is 29.0 Å². The Labute approximate surface area is 106 Å². The molecule has 2 atom stereocenters. The highest BCUT2D eigenvalue weighted by Crippen LogP contribution is 2.25. The monoisotopic (exact) mass is 248 g/mol. The minimum Gasteiger partial charge on any atom is -0.476 e. The van der Waals surface area contributed by atoms with Gasteiger partial charge in [0, 0.05) is 0 Å². The van der Waals surface area contributed by atoms with Crippen molar-refractivity contribution in [3.05, 3.63) is 30.2 Å². The maximum Gasteiger partial charge on any atom is 0.356 e. The van der Waals surface area contributed by atoms with E-state index >= 15 is 0 Å². The van der Waals surface area contributed by atoms with Gasteiger partial charge in [-0.1, -0.05) is 19.1 Å². The summed E-state index contributed by atoms with van der Waals surface area (Å²) in [6.45, 7) is 2.74. The van der Waals surface area contributed by atoms with E-state index in [-0.39, 0.29) is 11.6 Å². The van der Waals surface area contributed by atoms with E-state index < -0.39 is 5.97 Å². The lowest BCUT2D eigenvalue weighted by molar-refractivity contribution is 0.0688. The van der Waals surface area contributed by atoms with Crippen molar-refractivity contribution in [2.75, 3.05) is 6.61 Å². The normalized spacial score (nSPS) is 22.7. The summed E-state index contributed by atoms with van der Waals surface area (Å²) in [5, 5.41) is 8.80. The molecule has 96 valence electrons. The highest BCUT2D eigenvalue weighted by atomic mass is 16.5. The Hall–Kier alpha value is -1.91. The molecule has 5 heteroatoms. The predicted molar refractivity (Wildman–Crippen MR) is 65.5 cm³/mol. The number of nitrogens with zero attached hydrogens (tertiary/aromatic N) is 2. The lowest BCUT2D eigenvalue weighted by Gasteiger charge is -2.24. The van der Waals surface area contributed by atoms with Gasteiger partial charge in [-0.15, -0.1) is 0 Å². The third-order valence-corrected chi connectivity index (χ3v) is 3.19. The van der Waals surface area contributed by atoms with Gasteiger partial charge in [0.15, 0.2) is 5.69 Å². The van der Waals surface area contributed by atoms with Gasteiger partial charge in [-0.2, -0.15) is 0 Å². The van der Waals surface area contributed by atoms with Crippen LogP contribution in [0.5, 0.6) is 5.88 Å². The first-order valence-corrected chi connectivity index (χ1v) is 6.00. The fraction of sp³-hybridized carbons (Fsp3) is 0.462. The molecule has 0 amide bonds. The van der Waals surface area contributed by atoms with Gasteiger partial charge in [-0.05, 0) is 24.7 Å². The van der Waals surface area contributed by atoms with E-state index in [4.69, 9.17) is 9.84 Å². The molecule has 1 aromatic heterocycles. The van der Waals surface area contributed by atoms with Crippen molar-refractivity contribution in [1.82, 2.24) is 9.97 Å². The van der Waals surface area contributed by atoms with Crippen LogP contribution in [0.4, 0.5) is 0 Å². The Kier molecular flexibility index (Phi) is 3.92. The number of ether oxygens (including phenoxy) is 1. The van der Waals surface area contributed by atoms with Crippen LogP contribution in [-0.4, -0.2) is 27.7 Å². The van der Waals surface area contributed by atoms with Crippen LogP contribution in [0.25, 0.3) is 0 Å². The van der Waals surface area contributed by atoms with E-state index in [9.17, 15) is 4.79 Å². The SMILES string of the molecule is CC1CC=CCC1COc1cncc(C(=O)O)n1. The maximum atomic E-state index is 10.7. The fourth-order valence-corrected chi connectivity index (χ4v) is 1.95. The van der Waals surface area contributed by atoms with Crippen LogP contribution < -0.4 is 4.74 Å². The van der Waals surface area contributed by atoms with Gasteiger partial charge < -0.3 is 9.84 Å². The number of carboxylic acids is 1.